The molecule has 1 aromatic rings. The number of hydrogen-bond acceptors (Lipinski definition) is 2. The maximum Gasteiger partial charge on any atom is 0.120 e. The first-order chi connectivity index (χ1) is 10.2. The minimum absolute atomic E-state index is 0.341. The smallest absolute Gasteiger partial charge is 0.120 e. The van der Waals surface area contributed by atoms with E-state index in [9.17, 15) is 4.79 Å². The highest BCUT2D eigenvalue weighted by Gasteiger charge is 2.28. The Morgan fingerprint density at radius 3 is 2.48 bits per heavy atom. The van der Waals surface area contributed by atoms with Gasteiger partial charge in [0.1, 0.15) is 6.29 Å². The van der Waals surface area contributed by atoms with Gasteiger partial charge in [0.2, 0.25) is 0 Å². The second-order valence-corrected chi connectivity index (χ2v) is 6.44. The maximum atomic E-state index is 11.1. The highest BCUT2D eigenvalue weighted by Crippen LogP contribution is 2.40. The summed E-state index contributed by atoms with van der Waals surface area (Å²) in [4.78, 5) is 11.1. The number of benzene rings is 1. The minimum atomic E-state index is 0.341. The average molecular weight is 309 g/mol. The summed E-state index contributed by atoms with van der Waals surface area (Å²) >= 11 is 5.96. The van der Waals surface area contributed by atoms with Crippen molar-refractivity contribution in [3.8, 4) is 0 Å². The molecule has 0 aromatic heterocycles. The Morgan fingerprint density at radius 1 is 1.24 bits per heavy atom. The van der Waals surface area contributed by atoms with Gasteiger partial charge >= 0.3 is 0 Å². The second-order valence-electron chi connectivity index (χ2n) is 6.00. The van der Waals surface area contributed by atoms with Crippen LogP contribution in [0.4, 0.5) is 0 Å². The zero-order valence-electron chi connectivity index (χ0n) is 12.8. The Balaban J connectivity index is 1.96. The first-order valence-electron chi connectivity index (χ1n) is 8.01. The largest absolute Gasteiger partial charge is 0.381 e. The molecule has 0 N–H and O–H groups in total. The molecule has 0 saturated heterocycles. The van der Waals surface area contributed by atoms with Crippen LogP contribution < -0.4 is 0 Å². The summed E-state index contributed by atoms with van der Waals surface area (Å²) in [6.45, 7) is 3.74. The molecule has 116 valence electrons. The van der Waals surface area contributed by atoms with Gasteiger partial charge in [-0.2, -0.15) is 0 Å². The van der Waals surface area contributed by atoms with Crippen LogP contribution in [0.1, 0.15) is 50.5 Å². The van der Waals surface area contributed by atoms with Crippen molar-refractivity contribution in [1.82, 2.24) is 0 Å². The fourth-order valence-electron chi connectivity index (χ4n) is 3.46. The molecule has 1 aliphatic carbocycles. The van der Waals surface area contributed by atoms with E-state index in [0.717, 1.165) is 24.5 Å². The van der Waals surface area contributed by atoms with Crippen molar-refractivity contribution in [1.29, 1.82) is 0 Å². The Labute approximate surface area is 132 Å². The van der Waals surface area contributed by atoms with E-state index in [4.69, 9.17) is 16.3 Å². The van der Waals surface area contributed by atoms with Crippen LogP contribution in [0.15, 0.2) is 24.3 Å². The highest BCUT2D eigenvalue weighted by molar-refractivity contribution is 6.30. The Bertz CT molecular complexity index is 421. The third kappa shape index (κ3) is 4.82. The highest BCUT2D eigenvalue weighted by atomic mass is 35.5. The van der Waals surface area contributed by atoms with Gasteiger partial charge in [-0.1, -0.05) is 23.7 Å². The van der Waals surface area contributed by atoms with Gasteiger partial charge in [0.15, 0.2) is 0 Å². The van der Waals surface area contributed by atoms with Crippen LogP contribution in [0.2, 0.25) is 5.02 Å². The van der Waals surface area contributed by atoms with Crippen LogP contribution in [-0.2, 0) is 9.53 Å². The Hall–Kier alpha value is -0.860. The monoisotopic (exact) mass is 308 g/mol. The molecule has 0 heterocycles. The number of halogens is 1. The lowest BCUT2D eigenvalue weighted by molar-refractivity contribution is -0.108. The van der Waals surface area contributed by atoms with Crippen molar-refractivity contribution in [2.75, 3.05) is 13.2 Å². The SMILES string of the molecule is CCOCC1CCC(C(CC=O)c2ccc(Cl)cc2)CC1. The van der Waals surface area contributed by atoms with Crippen molar-refractivity contribution in [3.05, 3.63) is 34.9 Å². The van der Waals surface area contributed by atoms with Crippen molar-refractivity contribution < 1.29 is 9.53 Å². The van der Waals surface area contributed by atoms with Crippen LogP contribution in [0.5, 0.6) is 0 Å². The van der Waals surface area contributed by atoms with E-state index in [1.165, 1.54) is 31.2 Å². The molecule has 0 aliphatic heterocycles. The molecule has 1 atom stereocenters. The standard InChI is InChI=1S/C18H25ClO2/c1-2-21-13-14-3-5-15(6-4-14)18(11-12-20)16-7-9-17(19)10-8-16/h7-10,12,14-15,18H,2-6,11,13H2,1H3. The average Bonchev–Trinajstić information content (AvgIpc) is 2.52. The number of carbonyl (C=O) groups is 1. The summed E-state index contributed by atoms with van der Waals surface area (Å²) in [6.07, 6.45) is 6.49. The quantitative estimate of drug-likeness (QED) is 0.673. The second kappa shape index (κ2) is 8.55. The zero-order valence-corrected chi connectivity index (χ0v) is 13.5. The van der Waals surface area contributed by atoms with Gasteiger partial charge in [0, 0.05) is 24.7 Å². The summed E-state index contributed by atoms with van der Waals surface area (Å²) < 4.78 is 5.54. The van der Waals surface area contributed by atoms with Crippen LogP contribution >= 0.6 is 11.6 Å². The predicted molar refractivity (Wildman–Crippen MR) is 86.8 cm³/mol. The van der Waals surface area contributed by atoms with Gasteiger partial charge in [0.25, 0.3) is 0 Å². The molecule has 0 spiro atoms. The van der Waals surface area contributed by atoms with Gasteiger partial charge in [-0.15, -0.1) is 0 Å². The lowest BCUT2D eigenvalue weighted by Gasteiger charge is -2.33. The maximum absolute atomic E-state index is 11.1. The van der Waals surface area contributed by atoms with E-state index in [1.54, 1.807) is 0 Å². The third-order valence-corrected chi connectivity index (χ3v) is 4.92. The molecule has 1 aliphatic rings. The van der Waals surface area contributed by atoms with Gasteiger partial charge < -0.3 is 9.53 Å². The first-order valence-corrected chi connectivity index (χ1v) is 8.39. The number of aldehydes is 1. The fraction of sp³-hybridized carbons (Fsp3) is 0.611. The molecule has 2 rings (SSSR count). The molecule has 1 saturated carbocycles. The van der Waals surface area contributed by atoms with E-state index < -0.39 is 0 Å². The molecular weight excluding hydrogens is 284 g/mol. The Kier molecular flexibility index (Phi) is 6.72. The molecule has 0 bridgehead atoms. The molecule has 1 fully saturated rings. The molecular formula is C18H25ClO2. The van der Waals surface area contributed by atoms with Crippen molar-refractivity contribution in [2.24, 2.45) is 11.8 Å². The van der Waals surface area contributed by atoms with Gasteiger partial charge in [-0.3, -0.25) is 0 Å². The van der Waals surface area contributed by atoms with E-state index >= 15 is 0 Å². The minimum Gasteiger partial charge on any atom is -0.381 e. The van der Waals surface area contributed by atoms with E-state index in [1.807, 2.05) is 19.1 Å². The van der Waals surface area contributed by atoms with Crippen LogP contribution in [0, 0.1) is 11.8 Å². The van der Waals surface area contributed by atoms with Crippen LogP contribution in [0.3, 0.4) is 0 Å². The van der Waals surface area contributed by atoms with Crippen molar-refractivity contribution in [3.63, 3.8) is 0 Å². The lowest BCUT2D eigenvalue weighted by Crippen LogP contribution is -2.23. The van der Waals surface area contributed by atoms with Gasteiger partial charge in [0.05, 0.1) is 0 Å². The van der Waals surface area contributed by atoms with Gasteiger partial charge in [-0.05, 0) is 68.1 Å². The number of carbonyl (C=O) groups excluding carboxylic acids is 1. The molecule has 21 heavy (non-hydrogen) atoms. The van der Waals surface area contributed by atoms with Crippen molar-refractivity contribution >= 4 is 17.9 Å². The van der Waals surface area contributed by atoms with Crippen LogP contribution in [-0.4, -0.2) is 19.5 Å². The molecule has 1 unspecified atom stereocenters. The molecule has 0 radical (unpaired) electrons. The summed E-state index contributed by atoms with van der Waals surface area (Å²) in [5.74, 6) is 1.64. The molecule has 1 aromatic carbocycles. The molecule has 0 amide bonds. The summed E-state index contributed by atoms with van der Waals surface area (Å²) in [7, 11) is 0. The fourth-order valence-corrected chi connectivity index (χ4v) is 3.58. The Morgan fingerprint density at radius 2 is 1.90 bits per heavy atom. The van der Waals surface area contributed by atoms with E-state index in [-0.39, 0.29) is 0 Å². The van der Waals surface area contributed by atoms with E-state index in [0.29, 0.717) is 24.2 Å². The summed E-state index contributed by atoms with van der Waals surface area (Å²) in [5.41, 5.74) is 1.25. The summed E-state index contributed by atoms with van der Waals surface area (Å²) in [5, 5.41) is 0.754. The number of hydrogen-bond donors (Lipinski definition) is 0. The molecule has 3 heteroatoms. The van der Waals surface area contributed by atoms with Gasteiger partial charge in [-0.25, -0.2) is 0 Å². The molecule has 2 nitrogen and oxygen atoms in total. The lowest BCUT2D eigenvalue weighted by atomic mass is 9.73. The number of rotatable bonds is 7. The zero-order chi connectivity index (χ0) is 15.1. The first kappa shape index (κ1) is 16.5. The van der Waals surface area contributed by atoms with Crippen molar-refractivity contribution in [2.45, 2.75) is 44.9 Å². The number of ether oxygens (including phenoxy) is 1. The topological polar surface area (TPSA) is 26.3 Å². The normalized spacial score (nSPS) is 23.7. The van der Waals surface area contributed by atoms with E-state index in [2.05, 4.69) is 12.1 Å². The third-order valence-electron chi connectivity index (χ3n) is 4.67. The van der Waals surface area contributed by atoms with Crippen LogP contribution in [0.25, 0.3) is 0 Å². The summed E-state index contributed by atoms with van der Waals surface area (Å²) in [6, 6.07) is 8.00. The predicted octanol–water partition coefficient (Wildman–Crippen LogP) is 4.86.